The molecule has 0 saturated heterocycles. The zero-order chi connectivity index (χ0) is 39.6. The molecular weight excluding hydrogens is 702 g/mol. The molecule has 0 aromatic heterocycles. The van der Waals surface area contributed by atoms with Crippen LogP contribution >= 0.6 is 0 Å². The Hall–Kier alpha value is -6.85. The maximum absolute atomic E-state index is 13.4. The van der Waals surface area contributed by atoms with Gasteiger partial charge in [-0.15, -0.1) is 0 Å². The van der Waals surface area contributed by atoms with E-state index in [9.17, 15) is 51.6 Å². The number of nitro groups is 1. The van der Waals surface area contributed by atoms with Gasteiger partial charge in [-0.05, 0) is 76.2 Å². The predicted octanol–water partition coefficient (Wildman–Crippen LogP) is 6.05. The van der Waals surface area contributed by atoms with Crippen LogP contribution in [0.5, 0.6) is 23.0 Å². The molecule has 0 bridgehead atoms. The zero-order valence-electron chi connectivity index (χ0n) is 27.5. The number of rotatable bonds is 5. The molecule has 52 heavy (non-hydrogen) atoms. The second kappa shape index (κ2) is 17.7. The molecule has 0 atom stereocenters. The predicted molar refractivity (Wildman–Crippen MR) is 176 cm³/mol. The number of nitrogens with two attached hydrogens (primary N) is 1. The molecule has 14 nitrogen and oxygen atoms in total. The molecule has 0 spiro atoms. The van der Waals surface area contributed by atoms with E-state index >= 15 is 0 Å². The maximum atomic E-state index is 13.4. The SMILES string of the molecule is CC(=O)c1cc(F)c(O)c([N+](=O)[O-])c1.CC(=O)c1cc(F)c2c(c1)NC(=O)CO2.CC(=O)c1cc(N)c(O)c(F)c1.CC(=O)c1ccc(O)c(F)c1. The molecule has 4 aromatic carbocycles. The van der Waals surface area contributed by atoms with Gasteiger partial charge < -0.3 is 31.1 Å². The Kier molecular flexibility index (Phi) is 14.1. The number of benzene rings is 4. The van der Waals surface area contributed by atoms with E-state index in [1.807, 2.05) is 0 Å². The Morgan fingerprint density at radius 2 is 1.17 bits per heavy atom. The number of carbonyl (C=O) groups is 5. The van der Waals surface area contributed by atoms with Crippen LogP contribution in [0.15, 0.2) is 54.6 Å². The van der Waals surface area contributed by atoms with Crippen LogP contribution in [0.4, 0.5) is 34.6 Å². The molecule has 0 radical (unpaired) electrons. The third-order valence-corrected chi connectivity index (χ3v) is 6.57. The fraction of sp³-hybridized carbons (Fsp3) is 0.147. The van der Waals surface area contributed by atoms with E-state index in [4.69, 9.17) is 25.8 Å². The lowest BCUT2D eigenvalue weighted by atomic mass is 10.1. The standard InChI is InChI=1S/C10H8FNO3.C8H6FNO4.C8H8FNO2.C8H7FO2/c1-5(13)6-2-7(11)10-8(3-6)12-9(14)4-15-10;1-4(11)5-2-6(9)8(12)7(3-5)10(13)14;1-4(11)5-2-6(9)8(12)7(10)3-5;1-5(10)6-2-3-8(11)7(9)4-6/h2-3H,4H2,1H3,(H,12,14);2-3,12H,1H3;2-3,12H,10H2,1H3;2-4,11H,1H3. The van der Waals surface area contributed by atoms with Crippen LogP contribution in [-0.2, 0) is 4.79 Å². The molecule has 274 valence electrons. The van der Waals surface area contributed by atoms with E-state index in [0.29, 0.717) is 0 Å². The van der Waals surface area contributed by atoms with Crippen molar-refractivity contribution in [3.63, 3.8) is 0 Å². The van der Waals surface area contributed by atoms with E-state index in [1.165, 1.54) is 39.0 Å². The number of carbonyl (C=O) groups excluding carboxylic acids is 5. The van der Waals surface area contributed by atoms with Crippen molar-refractivity contribution in [1.82, 2.24) is 0 Å². The molecule has 1 aliphatic heterocycles. The first-order valence-electron chi connectivity index (χ1n) is 14.4. The number of halogens is 4. The van der Waals surface area contributed by atoms with Crippen molar-refractivity contribution in [2.75, 3.05) is 17.7 Å². The number of ketones is 4. The van der Waals surface area contributed by atoms with Gasteiger partial charge in [0, 0.05) is 28.3 Å². The number of hydrogen-bond donors (Lipinski definition) is 5. The highest BCUT2D eigenvalue weighted by Crippen LogP contribution is 2.32. The largest absolute Gasteiger partial charge is 0.505 e. The fourth-order valence-electron chi connectivity index (χ4n) is 3.84. The molecule has 6 N–H and O–H groups in total. The Morgan fingerprint density at radius 3 is 1.65 bits per heavy atom. The minimum atomic E-state index is -1.18. The first-order valence-corrected chi connectivity index (χ1v) is 14.4. The van der Waals surface area contributed by atoms with E-state index in [1.54, 1.807) is 0 Å². The summed E-state index contributed by atoms with van der Waals surface area (Å²) >= 11 is 0. The van der Waals surface area contributed by atoms with Gasteiger partial charge in [0.05, 0.1) is 16.3 Å². The number of phenols is 3. The molecule has 18 heteroatoms. The number of anilines is 2. The van der Waals surface area contributed by atoms with Gasteiger partial charge in [0.1, 0.15) is 0 Å². The van der Waals surface area contributed by atoms with Crippen LogP contribution in [-0.4, -0.2) is 55.9 Å². The van der Waals surface area contributed by atoms with Crippen molar-refractivity contribution in [3.8, 4) is 23.0 Å². The Balaban J connectivity index is 0.000000242. The Labute approximate surface area is 291 Å². The molecule has 0 fully saturated rings. The maximum Gasteiger partial charge on any atom is 0.314 e. The first-order chi connectivity index (χ1) is 24.1. The molecule has 0 aliphatic carbocycles. The lowest BCUT2D eigenvalue weighted by Crippen LogP contribution is -2.26. The molecular formula is C34H29F4N3O11. The van der Waals surface area contributed by atoms with Crippen LogP contribution in [0.25, 0.3) is 0 Å². The minimum absolute atomic E-state index is 0.0143. The van der Waals surface area contributed by atoms with E-state index in [0.717, 1.165) is 43.3 Å². The summed E-state index contributed by atoms with van der Waals surface area (Å²) in [6.07, 6.45) is 0. The summed E-state index contributed by atoms with van der Waals surface area (Å²) in [6, 6.07) is 9.82. The van der Waals surface area contributed by atoms with Crippen molar-refractivity contribution in [2.24, 2.45) is 0 Å². The average Bonchev–Trinajstić information content (AvgIpc) is 3.06. The smallest absolute Gasteiger partial charge is 0.314 e. The number of nitro benzene ring substituents is 1. The molecule has 1 amide bonds. The lowest BCUT2D eigenvalue weighted by molar-refractivity contribution is -0.386. The van der Waals surface area contributed by atoms with Crippen molar-refractivity contribution >= 4 is 46.1 Å². The fourth-order valence-corrected chi connectivity index (χ4v) is 3.84. The third kappa shape index (κ3) is 11.1. The summed E-state index contributed by atoms with van der Waals surface area (Å²) in [6.45, 7) is 4.91. The number of hydrogen-bond acceptors (Lipinski definition) is 12. The molecule has 4 aromatic rings. The van der Waals surface area contributed by atoms with Crippen molar-refractivity contribution < 1.29 is 66.5 Å². The van der Waals surface area contributed by atoms with Gasteiger partial charge in [-0.3, -0.25) is 34.1 Å². The highest BCUT2D eigenvalue weighted by molar-refractivity contribution is 6.00. The van der Waals surface area contributed by atoms with Crippen LogP contribution in [0.1, 0.15) is 69.1 Å². The summed E-state index contributed by atoms with van der Waals surface area (Å²) < 4.78 is 56.4. The topological polar surface area (TPSA) is 236 Å². The number of nitrogens with one attached hydrogen (secondary N) is 1. The summed E-state index contributed by atoms with van der Waals surface area (Å²) in [7, 11) is 0. The van der Waals surface area contributed by atoms with Gasteiger partial charge in [-0.25, -0.2) is 17.6 Å². The van der Waals surface area contributed by atoms with Crippen molar-refractivity contribution in [1.29, 1.82) is 0 Å². The van der Waals surface area contributed by atoms with Gasteiger partial charge in [0.25, 0.3) is 5.91 Å². The van der Waals surface area contributed by atoms with E-state index < -0.39 is 56.9 Å². The minimum Gasteiger partial charge on any atom is -0.505 e. The van der Waals surface area contributed by atoms with Crippen LogP contribution in [0, 0.1) is 33.4 Å². The second-order valence-corrected chi connectivity index (χ2v) is 10.5. The Bertz CT molecular complexity index is 2070. The van der Waals surface area contributed by atoms with Crippen LogP contribution in [0.2, 0.25) is 0 Å². The molecule has 0 unspecified atom stereocenters. The lowest BCUT2D eigenvalue weighted by Gasteiger charge is -2.18. The number of Topliss-reactive ketones (excluding diaryl/α,β-unsaturated/α-hetero) is 4. The van der Waals surface area contributed by atoms with Gasteiger partial charge >= 0.3 is 5.69 Å². The number of nitrogen functional groups attached to an aromatic ring is 1. The van der Waals surface area contributed by atoms with Crippen LogP contribution < -0.4 is 15.8 Å². The quantitative estimate of drug-likeness (QED) is 0.0394. The van der Waals surface area contributed by atoms with E-state index in [-0.39, 0.29) is 69.2 Å². The van der Waals surface area contributed by atoms with Crippen LogP contribution in [0.3, 0.4) is 0 Å². The second-order valence-electron chi connectivity index (χ2n) is 10.5. The van der Waals surface area contributed by atoms with Gasteiger partial charge in [-0.1, -0.05) is 0 Å². The summed E-state index contributed by atoms with van der Waals surface area (Å²) in [5, 5.41) is 39.3. The molecule has 5 rings (SSSR count). The number of ether oxygens (including phenoxy) is 1. The third-order valence-electron chi connectivity index (χ3n) is 6.57. The van der Waals surface area contributed by atoms with Crippen molar-refractivity contribution in [3.05, 3.63) is 110 Å². The summed E-state index contributed by atoms with van der Waals surface area (Å²) in [4.78, 5) is 63.6. The number of phenolic OH excluding ortho intramolecular Hbond substituents is 3. The van der Waals surface area contributed by atoms with E-state index in [2.05, 4.69) is 5.32 Å². The number of fused-ring (bicyclic) bond motifs is 1. The number of aromatic hydroxyl groups is 3. The van der Waals surface area contributed by atoms with Gasteiger partial charge in [-0.2, -0.15) is 0 Å². The first kappa shape index (κ1) is 41.3. The Morgan fingerprint density at radius 1 is 0.712 bits per heavy atom. The molecule has 1 heterocycles. The zero-order valence-corrected chi connectivity index (χ0v) is 27.5. The number of nitrogens with zero attached hydrogens (tertiary/aromatic N) is 1. The summed E-state index contributed by atoms with van der Waals surface area (Å²) in [5.74, 6) is -7.22. The molecule has 1 aliphatic rings. The summed E-state index contributed by atoms with van der Waals surface area (Å²) in [5.41, 5.74) is 4.97. The van der Waals surface area contributed by atoms with Crippen molar-refractivity contribution in [2.45, 2.75) is 27.7 Å². The normalized spacial score (nSPS) is 11.0. The highest BCUT2D eigenvalue weighted by Gasteiger charge is 2.22. The monoisotopic (exact) mass is 731 g/mol. The number of amides is 1. The highest BCUT2D eigenvalue weighted by atomic mass is 19.1. The molecule has 0 saturated carbocycles. The van der Waals surface area contributed by atoms with Gasteiger partial charge in [0.15, 0.2) is 70.3 Å². The van der Waals surface area contributed by atoms with Gasteiger partial charge in [0.2, 0.25) is 5.75 Å². The average molecular weight is 732 g/mol.